The van der Waals surface area contributed by atoms with E-state index in [1.165, 1.54) is 0 Å². The topological polar surface area (TPSA) is 43.1 Å². The van der Waals surface area contributed by atoms with Crippen molar-refractivity contribution in [3.05, 3.63) is 0 Å². The van der Waals surface area contributed by atoms with Gasteiger partial charge in [0.05, 0.1) is 5.41 Å². The van der Waals surface area contributed by atoms with Crippen LogP contribution < -0.4 is 5.73 Å². The maximum absolute atomic E-state index is 10.9. The number of nitrogens with two attached hydrogens (primary N) is 1. The Bertz CT molecular complexity index is 141. The zero-order valence-corrected chi connectivity index (χ0v) is 6.66. The normalized spacial score (nSPS) is 23.0. The fourth-order valence-electron chi connectivity index (χ4n) is 1.53. The molecule has 1 rings (SSSR count). The molecule has 0 aromatic heterocycles. The molecule has 3 heteroatoms. The Morgan fingerprint density at radius 2 is 2.00 bits per heavy atom. The predicted molar refractivity (Wildman–Crippen MR) is 40.8 cm³/mol. The monoisotopic (exact) mass is 161 g/mol. The van der Waals surface area contributed by atoms with E-state index in [1.54, 1.807) is 0 Å². The average molecular weight is 162 g/mol. The Morgan fingerprint density at radius 3 is 2.20 bits per heavy atom. The fourth-order valence-corrected chi connectivity index (χ4v) is 1.80. The zero-order valence-electron chi connectivity index (χ0n) is 5.90. The summed E-state index contributed by atoms with van der Waals surface area (Å²) in [5, 5.41) is -0.243. The van der Waals surface area contributed by atoms with Gasteiger partial charge >= 0.3 is 0 Å². The van der Waals surface area contributed by atoms with Crippen LogP contribution in [-0.2, 0) is 4.79 Å². The Labute approximate surface area is 65.7 Å². The van der Waals surface area contributed by atoms with Gasteiger partial charge in [0.25, 0.3) is 0 Å². The van der Waals surface area contributed by atoms with E-state index in [0.717, 1.165) is 25.7 Å². The van der Waals surface area contributed by atoms with Crippen LogP contribution in [0, 0.1) is 5.41 Å². The van der Waals surface area contributed by atoms with E-state index in [0.29, 0.717) is 6.54 Å². The third-order valence-electron chi connectivity index (χ3n) is 2.37. The van der Waals surface area contributed by atoms with Crippen LogP contribution in [0.5, 0.6) is 0 Å². The quantitative estimate of drug-likeness (QED) is 0.620. The van der Waals surface area contributed by atoms with Gasteiger partial charge < -0.3 is 5.73 Å². The molecule has 1 fully saturated rings. The molecule has 0 saturated heterocycles. The Balaban J connectivity index is 2.67. The highest BCUT2D eigenvalue weighted by molar-refractivity contribution is 6.64. The van der Waals surface area contributed by atoms with Crippen molar-refractivity contribution in [2.24, 2.45) is 11.1 Å². The molecule has 0 spiro atoms. The van der Waals surface area contributed by atoms with Gasteiger partial charge in [-0.15, -0.1) is 0 Å². The van der Waals surface area contributed by atoms with Gasteiger partial charge in [0.2, 0.25) is 5.24 Å². The molecule has 0 aliphatic heterocycles. The van der Waals surface area contributed by atoms with Crippen LogP contribution in [-0.4, -0.2) is 11.8 Å². The van der Waals surface area contributed by atoms with Crippen molar-refractivity contribution >= 4 is 16.8 Å². The largest absolute Gasteiger partial charge is 0.329 e. The Kier molecular flexibility index (Phi) is 2.32. The van der Waals surface area contributed by atoms with Gasteiger partial charge in [0.1, 0.15) is 0 Å². The summed E-state index contributed by atoms with van der Waals surface area (Å²) in [6.07, 6.45) is 3.95. The minimum atomic E-state index is -0.360. The van der Waals surface area contributed by atoms with E-state index in [9.17, 15) is 4.79 Å². The molecule has 1 saturated carbocycles. The summed E-state index contributed by atoms with van der Waals surface area (Å²) in [7, 11) is 0. The first-order valence-electron chi connectivity index (χ1n) is 3.61. The van der Waals surface area contributed by atoms with Crippen LogP contribution in [0.2, 0.25) is 0 Å². The smallest absolute Gasteiger partial charge is 0.229 e. The highest BCUT2D eigenvalue weighted by Crippen LogP contribution is 2.38. The van der Waals surface area contributed by atoms with Gasteiger partial charge in [-0.25, -0.2) is 0 Å². The molecule has 0 aromatic carbocycles. The SMILES string of the molecule is NCC1(C(=O)Cl)CCCC1. The fraction of sp³-hybridized carbons (Fsp3) is 0.857. The van der Waals surface area contributed by atoms with Crippen LogP contribution in [0.15, 0.2) is 0 Å². The first kappa shape index (κ1) is 8.02. The van der Waals surface area contributed by atoms with Crippen molar-refractivity contribution in [3.8, 4) is 0 Å². The molecule has 1 aliphatic rings. The van der Waals surface area contributed by atoms with Gasteiger partial charge in [0, 0.05) is 6.54 Å². The zero-order chi connectivity index (χ0) is 7.61. The first-order valence-corrected chi connectivity index (χ1v) is 3.99. The Morgan fingerprint density at radius 1 is 1.50 bits per heavy atom. The van der Waals surface area contributed by atoms with Crippen molar-refractivity contribution in [1.29, 1.82) is 0 Å². The molecule has 0 unspecified atom stereocenters. The van der Waals surface area contributed by atoms with Crippen molar-refractivity contribution in [2.45, 2.75) is 25.7 Å². The standard InChI is InChI=1S/C7H12ClNO/c8-6(10)7(5-9)3-1-2-4-7/h1-5,9H2. The molecule has 0 atom stereocenters. The summed E-state index contributed by atoms with van der Waals surface area (Å²) in [6, 6.07) is 0. The van der Waals surface area contributed by atoms with Gasteiger partial charge in [-0.1, -0.05) is 12.8 Å². The lowest BCUT2D eigenvalue weighted by molar-refractivity contribution is -0.119. The molecule has 2 N–H and O–H groups in total. The number of hydrogen-bond acceptors (Lipinski definition) is 2. The van der Waals surface area contributed by atoms with Gasteiger partial charge in [-0.3, -0.25) is 4.79 Å². The van der Waals surface area contributed by atoms with E-state index in [-0.39, 0.29) is 10.7 Å². The van der Waals surface area contributed by atoms with Gasteiger partial charge in [0.15, 0.2) is 0 Å². The summed E-state index contributed by atoms with van der Waals surface area (Å²) in [5.74, 6) is 0. The Hall–Kier alpha value is -0.0800. The van der Waals surface area contributed by atoms with Crippen LogP contribution in [0.25, 0.3) is 0 Å². The summed E-state index contributed by atoms with van der Waals surface area (Å²) in [5.41, 5.74) is 5.10. The lowest BCUT2D eigenvalue weighted by Gasteiger charge is -2.20. The molecule has 1 aliphatic carbocycles. The number of halogens is 1. The second-order valence-corrected chi connectivity index (χ2v) is 3.31. The summed E-state index contributed by atoms with van der Waals surface area (Å²) >= 11 is 5.42. The minimum Gasteiger partial charge on any atom is -0.329 e. The molecule has 2 nitrogen and oxygen atoms in total. The van der Waals surface area contributed by atoms with Gasteiger partial charge in [-0.05, 0) is 24.4 Å². The van der Waals surface area contributed by atoms with Crippen molar-refractivity contribution in [2.75, 3.05) is 6.54 Å². The van der Waals surface area contributed by atoms with Crippen LogP contribution in [0.3, 0.4) is 0 Å². The number of carbonyl (C=O) groups is 1. The number of hydrogen-bond donors (Lipinski definition) is 1. The van der Waals surface area contributed by atoms with E-state index in [1.807, 2.05) is 0 Å². The highest BCUT2D eigenvalue weighted by Gasteiger charge is 2.38. The molecule has 0 radical (unpaired) electrons. The molecule has 0 heterocycles. The summed E-state index contributed by atoms with van der Waals surface area (Å²) in [6.45, 7) is 0.412. The minimum absolute atomic E-state index is 0.243. The summed E-state index contributed by atoms with van der Waals surface area (Å²) < 4.78 is 0. The molecule has 0 amide bonds. The van der Waals surface area contributed by atoms with E-state index < -0.39 is 0 Å². The van der Waals surface area contributed by atoms with E-state index in [2.05, 4.69) is 0 Å². The third-order valence-corrected chi connectivity index (χ3v) is 2.77. The highest BCUT2D eigenvalue weighted by atomic mass is 35.5. The lowest BCUT2D eigenvalue weighted by atomic mass is 9.88. The van der Waals surface area contributed by atoms with Crippen molar-refractivity contribution < 1.29 is 4.79 Å². The van der Waals surface area contributed by atoms with Crippen LogP contribution >= 0.6 is 11.6 Å². The first-order chi connectivity index (χ1) is 4.71. The lowest BCUT2D eigenvalue weighted by Crippen LogP contribution is -2.32. The molecule has 0 bridgehead atoms. The summed E-state index contributed by atoms with van der Waals surface area (Å²) in [4.78, 5) is 10.9. The third kappa shape index (κ3) is 1.18. The molecular weight excluding hydrogens is 150 g/mol. The second-order valence-electron chi connectivity index (χ2n) is 2.97. The molecular formula is C7H12ClNO. The van der Waals surface area contributed by atoms with Crippen LogP contribution in [0.4, 0.5) is 0 Å². The van der Waals surface area contributed by atoms with Crippen molar-refractivity contribution in [1.82, 2.24) is 0 Å². The predicted octanol–water partition coefficient (Wildman–Crippen LogP) is 1.27. The van der Waals surface area contributed by atoms with Crippen LogP contribution in [0.1, 0.15) is 25.7 Å². The van der Waals surface area contributed by atoms with Crippen molar-refractivity contribution in [3.63, 3.8) is 0 Å². The van der Waals surface area contributed by atoms with Gasteiger partial charge in [-0.2, -0.15) is 0 Å². The maximum Gasteiger partial charge on any atom is 0.229 e. The maximum atomic E-state index is 10.9. The average Bonchev–Trinajstić information content (AvgIpc) is 2.35. The van der Waals surface area contributed by atoms with E-state index >= 15 is 0 Å². The van der Waals surface area contributed by atoms with E-state index in [4.69, 9.17) is 17.3 Å². The second kappa shape index (κ2) is 2.89. The molecule has 0 aromatic rings. The molecule has 58 valence electrons. The number of rotatable bonds is 2. The number of carbonyl (C=O) groups excluding carboxylic acids is 1. The molecule has 10 heavy (non-hydrogen) atoms.